The molecule has 0 atom stereocenters. The number of carbonyl (C=O) groups is 2. The zero-order valence-corrected chi connectivity index (χ0v) is 26.7. The molecule has 0 bridgehead atoms. The van der Waals surface area contributed by atoms with Crippen LogP contribution in [-0.2, 0) is 27.2 Å². The fourth-order valence-corrected chi connectivity index (χ4v) is 5.83. The topological polar surface area (TPSA) is 82.1 Å². The molecular formula is C34H50O6Si. The van der Waals surface area contributed by atoms with Crippen LogP contribution >= 0.6 is 0 Å². The Kier molecular flexibility index (Phi) is 12.6. The van der Waals surface area contributed by atoms with Crippen LogP contribution in [-0.4, -0.2) is 25.4 Å². The molecule has 0 aliphatic heterocycles. The molecule has 0 radical (unpaired) electrons. The smallest absolute Gasteiger partial charge is 0.314 e. The Labute approximate surface area is 247 Å². The normalized spacial score (nSPS) is 16.8. The Morgan fingerprint density at radius 2 is 1.10 bits per heavy atom. The van der Waals surface area contributed by atoms with Crippen molar-refractivity contribution < 1.29 is 28.6 Å². The van der Waals surface area contributed by atoms with E-state index in [-0.39, 0.29) is 35.4 Å². The van der Waals surface area contributed by atoms with Gasteiger partial charge in [-0.3, -0.25) is 9.59 Å². The van der Waals surface area contributed by atoms with Gasteiger partial charge < -0.3 is 19.0 Å². The standard InChI is InChI=1S/C20H32O3Si.C14H18O3/c1-20(2,3)24(4,5)22-15-16-11-13-18(14-12-16)23-19(21)17-9-7-6-8-10-17;15-10-11-6-8-13(9-7-11)17-14(16)12-4-2-1-3-5-12/h11-14,17H,6-10,15H2,1-5H3;6-9,12,15H,1-5,10H2. The van der Waals surface area contributed by atoms with Crippen LogP contribution in [0.2, 0.25) is 18.1 Å². The summed E-state index contributed by atoms with van der Waals surface area (Å²) in [7, 11) is -1.74. The highest BCUT2D eigenvalue weighted by Gasteiger charge is 2.37. The Morgan fingerprint density at radius 3 is 1.46 bits per heavy atom. The molecule has 0 saturated heterocycles. The molecule has 0 aromatic heterocycles. The van der Waals surface area contributed by atoms with E-state index in [0.717, 1.165) is 62.5 Å². The molecule has 2 aromatic rings. The first-order valence-corrected chi connectivity index (χ1v) is 18.3. The molecule has 1 N–H and O–H groups in total. The van der Waals surface area contributed by atoms with E-state index in [1.165, 1.54) is 12.8 Å². The molecule has 2 aromatic carbocycles. The molecule has 2 aliphatic carbocycles. The zero-order valence-electron chi connectivity index (χ0n) is 25.7. The van der Waals surface area contributed by atoms with Gasteiger partial charge in [-0.05, 0) is 79.2 Å². The first-order valence-electron chi connectivity index (χ1n) is 15.3. The molecule has 0 amide bonds. The molecular weight excluding hydrogens is 532 g/mol. The highest BCUT2D eigenvalue weighted by atomic mass is 28.4. The lowest BCUT2D eigenvalue weighted by molar-refractivity contribution is -0.140. The number of aliphatic hydroxyl groups is 1. The highest BCUT2D eigenvalue weighted by Crippen LogP contribution is 2.37. The van der Waals surface area contributed by atoms with Crippen molar-refractivity contribution in [2.45, 2.75) is 116 Å². The van der Waals surface area contributed by atoms with E-state index in [1.807, 2.05) is 24.3 Å². The zero-order chi connectivity index (χ0) is 29.9. The second-order valence-corrected chi connectivity index (χ2v) is 17.8. The SMILES string of the molecule is CC(C)(C)[Si](C)(C)OCc1ccc(OC(=O)C2CCCCC2)cc1.O=C(Oc1ccc(CO)cc1)C1CCCCC1. The summed E-state index contributed by atoms with van der Waals surface area (Å²) in [5.41, 5.74) is 1.94. The van der Waals surface area contributed by atoms with Gasteiger partial charge in [-0.15, -0.1) is 0 Å². The summed E-state index contributed by atoms with van der Waals surface area (Å²) in [6, 6.07) is 14.7. The third kappa shape index (κ3) is 10.7. The summed E-state index contributed by atoms with van der Waals surface area (Å²) in [5, 5.41) is 9.12. The molecule has 226 valence electrons. The van der Waals surface area contributed by atoms with Gasteiger partial charge in [-0.2, -0.15) is 0 Å². The van der Waals surface area contributed by atoms with Crippen molar-refractivity contribution in [3.63, 3.8) is 0 Å². The van der Waals surface area contributed by atoms with E-state index in [4.69, 9.17) is 19.0 Å². The predicted octanol–water partition coefficient (Wildman–Crippen LogP) is 8.36. The third-order valence-electron chi connectivity index (χ3n) is 8.75. The number of hydrogen-bond acceptors (Lipinski definition) is 6. The summed E-state index contributed by atoms with van der Waals surface area (Å²) >= 11 is 0. The summed E-state index contributed by atoms with van der Waals surface area (Å²) in [6.07, 6.45) is 10.9. The minimum atomic E-state index is -1.74. The van der Waals surface area contributed by atoms with Crippen molar-refractivity contribution in [1.29, 1.82) is 0 Å². The fraction of sp³-hybridized carbons (Fsp3) is 0.588. The Bertz CT molecular complexity index is 1080. The number of esters is 2. The second-order valence-electron chi connectivity index (χ2n) is 13.0. The van der Waals surface area contributed by atoms with Crippen LogP contribution in [0.4, 0.5) is 0 Å². The number of hydrogen-bond donors (Lipinski definition) is 1. The van der Waals surface area contributed by atoms with E-state index >= 15 is 0 Å². The lowest BCUT2D eigenvalue weighted by Gasteiger charge is -2.36. The first kappa shape index (κ1) is 33.0. The second kappa shape index (κ2) is 15.7. The molecule has 41 heavy (non-hydrogen) atoms. The molecule has 2 aliphatic rings. The Hall–Kier alpha value is -2.48. The van der Waals surface area contributed by atoms with E-state index in [9.17, 15) is 9.59 Å². The van der Waals surface area contributed by atoms with E-state index < -0.39 is 8.32 Å². The van der Waals surface area contributed by atoms with Crippen molar-refractivity contribution in [1.82, 2.24) is 0 Å². The van der Waals surface area contributed by atoms with Crippen LogP contribution < -0.4 is 9.47 Å². The first-order chi connectivity index (χ1) is 19.5. The molecule has 6 nitrogen and oxygen atoms in total. The van der Waals surface area contributed by atoms with Gasteiger partial charge in [0.2, 0.25) is 0 Å². The molecule has 0 unspecified atom stereocenters. The van der Waals surface area contributed by atoms with Crippen LogP contribution in [0.1, 0.15) is 96.1 Å². The maximum Gasteiger partial charge on any atom is 0.314 e. The quantitative estimate of drug-likeness (QED) is 0.191. The van der Waals surface area contributed by atoms with E-state index in [1.54, 1.807) is 24.3 Å². The van der Waals surface area contributed by atoms with Crippen molar-refractivity contribution in [3.8, 4) is 11.5 Å². The van der Waals surface area contributed by atoms with Crippen molar-refractivity contribution in [3.05, 3.63) is 59.7 Å². The fourth-order valence-electron chi connectivity index (χ4n) is 4.87. The molecule has 0 spiro atoms. The van der Waals surface area contributed by atoms with E-state index in [0.29, 0.717) is 18.1 Å². The predicted molar refractivity (Wildman–Crippen MR) is 165 cm³/mol. The van der Waals surface area contributed by atoms with Gasteiger partial charge in [-0.25, -0.2) is 0 Å². The van der Waals surface area contributed by atoms with Crippen molar-refractivity contribution >= 4 is 20.3 Å². The summed E-state index contributed by atoms with van der Waals surface area (Å²) < 4.78 is 17.1. The molecule has 7 heteroatoms. The van der Waals surface area contributed by atoms with Crippen molar-refractivity contribution in [2.24, 2.45) is 11.8 Å². The number of ether oxygens (including phenoxy) is 2. The van der Waals surface area contributed by atoms with Crippen LogP contribution in [0.5, 0.6) is 11.5 Å². The average Bonchev–Trinajstić information content (AvgIpc) is 2.98. The lowest BCUT2D eigenvalue weighted by atomic mass is 9.89. The Balaban J connectivity index is 0.000000239. The van der Waals surface area contributed by atoms with Gasteiger partial charge in [0, 0.05) is 0 Å². The van der Waals surface area contributed by atoms with Gasteiger partial charge in [0.15, 0.2) is 8.32 Å². The van der Waals surface area contributed by atoms with Crippen LogP contribution in [0, 0.1) is 11.8 Å². The van der Waals surface area contributed by atoms with Gasteiger partial charge in [0.25, 0.3) is 0 Å². The summed E-state index contributed by atoms with van der Waals surface area (Å²) in [4.78, 5) is 24.0. The summed E-state index contributed by atoms with van der Waals surface area (Å²) in [6.45, 7) is 11.9. The maximum atomic E-state index is 12.2. The van der Waals surface area contributed by atoms with E-state index in [2.05, 4.69) is 33.9 Å². The summed E-state index contributed by atoms with van der Waals surface area (Å²) in [5.74, 6) is 1.18. The largest absolute Gasteiger partial charge is 0.426 e. The maximum absolute atomic E-state index is 12.2. The number of aliphatic hydroxyl groups excluding tert-OH is 1. The van der Waals surface area contributed by atoms with Gasteiger partial charge in [-0.1, -0.05) is 83.6 Å². The van der Waals surface area contributed by atoms with Gasteiger partial charge >= 0.3 is 11.9 Å². The van der Waals surface area contributed by atoms with Crippen LogP contribution in [0.3, 0.4) is 0 Å². The molecule has 2 fully saturated rings. The lowest BCUT2D eigenvalue weighted by Crippen LogP contribution is -2.40. The number of carbonyl (C=O) groups excluding carboxylic acids is 2. The minimum Gasteiger partial charge on any atom is -0.426 e. The average molecular weight is 583 g/mol. The third-order valence-corrected chi connectivity index (χ3v) is 13.2. The van der Waals surface area contributed by atoms with Gasteiger partial charge in [0.1, 0.15) is 11.5 Å². The van der Waals surface area contributed by atoms with Gasteiger partial charge in [0.05, 0.1) is 25.0 Å². The van der Waals surface area contributed by atoms with Crippen molar-refractivity contribution in [2.75, 3.05) is 0 Å². The number of benzene rings is 2. The Morgan fingerprint density at radius 1 is 0.707 bits per heavy atom. The molecule has 0 heterocycles. The molecule has 2 saturated carbocycles. The van der Waals surface area contributed by atoms with Crippen LogP contribution in [0.15, 0.2) is 48.5 Å². The highest BCUT2D eigenvalue weighted by molar-refractivity contribution is 6.74. The monoisotopic (exact) mass is 582 g/mol. The minimum absolute atomic E-state index is 0.0108. The number of rotatable bonds is 8. The molecule has 4 rings (SSSR count). The van der Waals surface area contributed by atoms with Crippen LogP contribution in [0.25, 0.3) is 0 Å².